The molecule has 1 aliphatic carbocycles. The van der Waals surface area contributed by atoms with E-state index in [9.17, 15) is 19.2 Å². The summed E-state index contributed by atoms with van der Waals surface area (Å²) in [6.07, 6.45) is 4.88. The molecule has 1 saturated heterocycles. The molecule has 2 N–H and O–H groups in total. The molecule has 1 aliphatic heterocycles. The van der Waals surface area contributed by atoms with Crippen molar-refractivity contribution >= 4 is 46.6 Å². The second-order valence-corrected chi connectivity index (χ2v) is 8.45. The van der Waals surface area contributed by atoms with E-state index in [2.05, 4.69) is 10.7 Å². The number of nitrogens with one attached hydrogen (secondary N) is 2. The van der Waals surface area contributed by atoms with E-state index in [-0.39, 0.29) is 29.8 Å². The molecular weight excluding hydrogens is 444 g/mol. The molecule has 9 heteroatoms. The highest BCUT2D eigenvalue weighted by Gasteiger charge is 2.42. The second-order valence-electron chi connectivity index (χ2n) is 8.05. The van der Waals surface area contributed by atoms with E-state index in [1.165, 1.54) is 23.0 Å². The molecule has 0 aromatic heterocycles. The van der Waals surface area contributed by atoms with E-state index in [1.807, 2.05) is 12.2 Å². The van der Waals surface area contributed by atoms with Crippen molar-refractivity contribution in [3.8, 4) is 0 Å². The molecule has 2 aromatic carbocycles. The maximum atomic E-state index is 13.0. The summed E-state index contributed by atoms with van der Waals surface area (Å²) in [6, 6.07) is 13.2. The number of hydrogen-bond acceptors (Lipinski definition) is 4. The lowest BCUT2D eigenvalue weighted by Gasteiger charge is -2.38. The number of carbonyl (C=O) groups is 4. The number of hydrogen-bond donors (Lipinski definition) is 2. The van der Waals surface area contributed by atoms with Gasteiger partial charge in [0.1, 0.15) is 0 Å². The third-order valence-corrected chi connectivity index (χ3v) is 6.09. The smallest absolute Gasteiger partial charge is 0.254 e. The highest BCUT2D eigenvalue weighted by atomic mass is 35.5. The highest BCUT2D eigenvalue weighted by molar-refractivity contribution is 6.33. The van der Waals surface area contributed by atoms with Crippen LogP contribution in [0.1, 0.15) is 23.2 Å². The van der Waals surface area contributed by atoms with Crippen molar-refractivity contribution in [2.45, 2.75) is 12.8 Å². The van der Waals surface area contributed by atoms with Crippen LogP contribution in [-0.2, 0) is 14.4 Å². The lowest BCUT2D eigenvalue weighted by molar-refractivity contribution is -0.140. The van der Waals surface area contributed by atoms with Gasteiger partial charge in [0.05, 0.1) is 34.8 Å². The maximum absolute atomic E-state index is 13.0. The fourth-order valence-corrected chi connectivity index (χ4v) is 4.20. The first-order chi connectivity index (χ1) is 15.8. The Balaban J connectivity index is 1.45. The van der Waals surface area contributed by atoms with Crippen LogP contribution in [0.3, 0.4) is 0 Å². The number of hydrazine groups is 1. The van der Waals surface area contributed by atoms with Crippen molar-refractivity contribution in [2.75, 3.05) is 23.9 Å². The Bertz CT molecular complexity index is 1150. The molecule has 2 aromatic rings. The Morgan fingerprint density at radius 1 is 1.09 bits per heavy atom. The van der Waals surface area contributed by atoms with Crippen LogP contribution in [0.5, 0.6) is 0 Å². The first-order valence-electron chi connectivity index (χ1n) is 10.5. The van der Waals surface area contributed by atoms with Crippen molar-refractivity contribution in [1.82, 2.24) is 10.3 Å². The van der Waals surface area contributed by atoms with Gasteiger partial charge in [-0.3, -0.25) is 24.6 Å². The molecule has 2 aliphatic rings. The first-order valence-corrected chi connectivity index (χ1v) is 10.9. The van der Waals surface area contributed by atoms with Crippen LogP contribution in [0.2, 0.25) is 5.02 Å². The van der Waals surface area contributed by atoms with Gasteiger partial charge in [-0.05, 0) is 43.2 Å². The van der Waals surface area contributed by atoms with Crippen LogP contribution in [0.4, 0.5) is 11.4 Å². The number of allylic oxidation sites excluding steroid dienone is 2. The van der Waals surface area contributed by atoms with Crippen molar-refractivity contribution in [3.63, 3.8) is 0 Å². The summed E-state index contributed by atoms with van der Waals surface area (Å²) in [5.74, 6) is -2.01. The van der Waals surface area contributed by atoms with E-state index in [4.69, 9.17) is 11.6 Å². The van der Waals surface area contributed by atoms with Crippen molar-refractivity contribution in [2.24, 2.45) is 11.8 Å². The Morgan fingerprint density at radius 2 is 1.82 bits per heavy atom. The van der Waals surface area contributed by atoms with E-state index in [1.54, 1.807) is 42.5 Å². The van der Waals surface area contributed by atoms with Gasteiger partial charge in [-0.25, -0.2) is 5.01 Å². The lowest BCUT2D eigenvalue weighted by Crippen LogP contribution is -2.59. The second kappa shape index (κ2) is 9.46. The third kappa shape index (κ3) is 4.75. The van der Waals surface area contributed by atoms with Crippen LogP contribution < -0.4 is 15.8 Å². The predicted molar refractivity (Wildman–Crippen MR) is 124 cm³/mol. The molecule has 170 valence electrons. The molecule has 0 bridgehead atoms. The first kappa shape index (κ1) is 22.5. The Hall–Kier alpha value is -3.65. The maximum Gasteiger partial charge on any atom is 0.254 e. The topological polar surface area (TPSA) is 98.8 Å². The number of para-hydroxylation sites is 1. The van der Waals surface area contributed by atoms with E-state index in [0.717, 1.165) is 0 Å². The summed E-state index contributed by atoms with van der Waals surface area (Å²) in [6.45, 7) is -0.191. The molecular formula is C24H23ClN4O4. The Kier molecular flexibility index (Phi) is 6.46. The zero-order valence-electron chi connectivity index (χ0n) is 18.0. The molecule has 2 atom stereocenters. The Morgan fingerprint density at radius 3 is 2.58 bits per heavy atom. The number of fused-ring (bicyclic) bond motifs is 1. The fraction of sp³-hybridized carbons (Fsp3) is 0.250. The minimum Gasteiger partial charge on any atom is -0.332 e. The summed E-state index contributed by atoms with van der Waals surface area (Å²) in [5.41, 5.74) is 3.79. The molecule has 1 fully saturated rings. The standard InChI is InChI=1S/C24H23ClN4O4/c1-28(14-21(30)26-20-12-5-4-11-19(20)25)23(32)15-7-6-8-16(13-15)29-24(33)18-10-3-2-9-17(18)22(31)27-29/h2-8,11-13,17-18H,9-10,14H2,1H3,(H,26,30)(H,27,31)/t17-,18-/m0/s1. The van der Waals surface area contributed by atoms with Crippen molar-refractivity contribution in [3.05, 3.63) is 71.3 Å². The molecule has 8 nitrogen and oxygen atoms in total. The van der Waals surface area contributed by atoms with Gasteiger partial charge in [0.25, 0.3) is 5.91 Å². The number of rotatable bonds is 5. The summed E-state index contributed by atoms with van der Waals surface area (Å²) >= 11 is 6.06. The summed E-state index contributed by atoms with van der Waals surface area (Å²) in [5, 5.41) is 4.29. The monoisotopic (exact) mass is 466 g/mol. The number of amides is 4. The molecule has 0 unspecified atom stereocenters. The average molecular weight is 467 g/mol. The summed E-state index contributed by atoms with van der Waals surface area (Å²) in [4.78, 5) is 52.1. The SMILES string of the molecule is CN(CC(=O)Nc1ccccc1Cl)C(=O)c1cccc(N2NC(=O)[C@H]3CC=CC[C@@H]3C2=O)c1. The quantitative estimate of drug-likeness (QED) is 0.662. The Labute approximate surface area is 196 Å². The number of carbonyl (C=O) groups excluding carboxylic acids is 4. The molecule has 0 saturated carbocycles. The zero-order chi connectivity index (χ0) is 23.5. The molecule has 0 radical (unpaired) electrons. The van der Waals surface area contributed by atoms with Gasteiger partial charge in [-0.1, -0.05) is 42.0 Å². The molecule has 1 heterocycles. The number of likely N-dealkylation sites (N-methyl/N-ethyl adjacent to an activating group) is 1. The summed E-state index contributed by atoms with van der Waals surface area (Å²) in [7, 11) is 1.51. The number of benzene rings is 2. The molecule has 33 heavy (non-hydrogen) atoms. The van der Waals surface area contributed by atoms with Gasteiger partial charge < -0.3 is 10.2 Å². The number of halogens is 1. The van der Waals surface area contributed by atoms with E-state index in [0.29, 0.717) is 29.2 Å². The van der Waals surface area contributed by atoms with E-state index < -0.39 is 17.7 Å². The van der Waals surface area contributed by atoms with Gasteiger partial charge in [-0.2, -0.15) is 0 Å². The number of anilines is 2. The highest BCUT2D eigenvalue weighted by Crippen LogP contribution is 2.32. The van der Waals surface area contributed by atoms with Gasteiger partial charge >= 0.3 is 0 Å². The molecule has 4 amide bonds. The summed E-state index contributed by atoms with van der Waals surface area (Å²) < 4.78 is 0. The normalized spacial score (nSPS) is 19.5. The zero-order valence-corrected chi connectivity index (χ0v) is 18.7. The number of nitrogens with zero attached hydrogens (tertiary/aromatic N) is 2. The van der Waals surface area contributed by atoms with Crippen molar-refractivity contribution < 1.29 is 19.2 Å². The van der Waals surface area contributed by atoms with Crippen LogP contribution >= 0.6 is 11.6 Å². The van der Waals surface area contributed by atoms with Crippen molar-refractivity contribution in [1.29, 1.82) is 0 Å². The fourth-order valence-electron chi connectivity index (χ4n) is 4.02. The molecule has 4 rings (SSSR count). The minimum absolute atomic E-state index is 0.191. The van der Waals surface area contributed by atoms with Crippen LogP contribution in [0.25, 0.3) is 0 Å². The third-order valence-electron chi connectivity index (χ3n) is 5.76. The van der Waals surface area contributed by atoms with Gasteiger partial charge in [0.15, 0.2) is 0 Å². The lowest BCUT2D eigenvalue weighted by atomic mass is 9.80. The van der Waals surface area contributed by atoms with E-state index >= 15 is 0 Å². The largest absolute Gasteiger partial charge is 0.332 e. The van der Waals surface area contributed by atoms with Crippen LogP contribution in [0, 0.1) is 11.8 Å². The average Bonchev–Trinajstić information content (AvgIpc) is 2.82. The molecule has 0 spiro atoms. The van der Waals surface area contributed by atoms with Gasteiger partial charge in [-0.15, -0.1) is 0 Å². The predicted octanol–water partition coefficient (Wildman–Crippen LogP) is 3.01. The van der Waals surface area contributed by atoms with Crippen LogP contribution in [-0.4, -0.2) is 42.1 Å². The van der Waals surface area contributed by atoms with Gasteiger partial charge in [0.2, 0.25) is 17.7 Å². The van der Waals surface area contributed by atoms with Gasteiger partial charge in [0, 0.05) is 12.6 Å². The van der Waals surface area contributed by atoms with Crippen LogP contribution in [0.15, 0.2) is 60.7 Å². The minimum atomic E-state index is -0.417.